The van der Waals surface area contributed by atoms with Gasteiger partial charge in [-0.15, -0.1) is 0 Å². The summed E-state index contributed by atoms with van der Waals surface area (Å²) >= 11 is 0. The summed E-state index contributed by atoms with van der Waals surface area (Å²) in [4.78, 5) is 15.2. The summed E-state index contributed by atoms with van der Waals surface area (Å²) in [5, 5.41) is 4.67. The first-order valence-corrected chi connectivity index (χ1v) is 19.8. The van der Waals surface area contributed by atoms with E-state index in [-0.39, 0.29) is 0 Å². The third-order valence-corrected chi connectivity index (χ3v) is 11.2. The minimum Gasteiger partial charge on any atom is -0.455 e. The lowest BCUT2D eigenvalue weighted by Gasteiger charge is -2.13. The lowest BCUT2D eigenvalue weighted by atomic mass is 9.92. The van der Waals surface area contributed by atoms with Crippen LogP contribution in [0, 0.1) is 0 Å². The second kappa shape index (κ2) is 14.5. The van der Waals surface area contributed by atoms with Crippen LogP contribution < -0.4 is 0 Å². The summed E-state index contributed by atoms with van der Waals surface area (Å²) in [5.41, 5.74) is 13.6. The number of hydrogen-bond acceptors (Lipinski definition) is 4. The normalized spacial score (nSPS) is 11.4. The maximum absolute atomic E-state index is 6.37. The summed E-state index contributed by atoms with van der Waals surface area (Å²) in [6.07, 6.45) is 0. The Morgan fingerprint density at radius 3 is 1.51 bits per heavy atom. The Balaban J connectivity index is 0.969. The van der Waals surface area contributed by atoms with Crippen molar-refractivity contribution in [3.63, 3.8) is 0 Å². The minimum atomic E-state index is 0.626. The summed E-state index contributed by atoms with van der Waals surface area (Å²) < 4.78 is 6.37. The zero-order valence-electron chi connectivity index (χ0n) is 32.0. The van der Waals surface area contributed by atoms with E-state index in [9.17, 15) is 0 Å². The van der Waals surface area contributed by atoms with Crippen molar-refractivity contribution in [3.05, 3.63) is 212 Å². The molecule has 59 heavy (non-hydrogen) atoms. The highest BCUT2D eigenvalue weighted by molar-refractivity contribution is 6.09. The van der Waals surface area contributed by atoms with Gasteiger partial charge in [0.15, 0.2) is 17.5 Å². The van der Waals surface area contributed by atoms with Gasteiger partial charge in [0.1, 0.15) is 11.2 Å². The molecule has 0 fully saturated rings. The van der Waals surface area contributed by atoms with Crippen molar-refractivity contribution in [2.45, 2.75) is 0 Å². The predicted octanol–water partition coefficient (Wildman–Crippen LogP) is 14.6. The Kier molecular flexibility index (Phi) is 8.45. The molecule has 9 aromatic carbocycles. The molecule has 0 aliphatic heterocycles. The lowest BCUT2D eigenvalue weighted by Crippen LogP contribution is -2.01. The molecule has 2 aromatic heterocycles. The third-order valence-electron chi connectivity index (χ3n) is 11.2. The van der Waals surface area contributed by atoms with Crippen LogP contribution in [0.5, 0.6) is 0 Å². The van der Waals surface area contributed by atoms with Crippen molar-refractivity contribution in [3.8, 4) is 78.7 Å². The number of furan rings is 1. The molecule has 0 aliphatic carbocycles. The zero-order chi connectivity index (χ0) is 39.1. The van der Waals surface area contributed by atoms with Crippen LogP contribution in [0.1, 0.15) is 0 Å². The van der Waals surface area contributed by atoms with Gasteiger partial charge in [-0.25, -0.2) is 15.0 Å². The van der Waals surface area contributed by atoms with E-state index in [0.29, 0.717) is 17.5 Å². The number of para-hydroxylation sites is 2. The molecule has 0 unspecified atom stereocenters. The van der Waals surface area contributed by atoms with Crippen LogP contribution in [0.3, 0.4) is 0 Å². The fourth-order valence-corrected chi connectivity index (χ4v) is 8.22. The van der Waals surface area contributed by atoms with E-state index in [4.69, 9.17) is 19.4 Å². The number of fused-ring (bicyclic) bond motifs is 4. The first-order chi connectivity index (χ1) is 29.2. The molecule has 11 rings (SSSR count). The van der Waals surface area contributed by atoms with Gasteiger partial charge in [0.2, 0.25) is 0 Å². The molecule has 276 valence electrons. The van der Waals surface area contributed by atoms with Gasteiger partial charge >= 0.3 is 0 Å². The molecular weight excluding hydrogens is 719 g/mol. The number of nitrogens with zero attached hydrogens (tertiary/aromatic N) is 3. The largest absolute Gasteiger partial charge is 0.455 e. The van der Waals surface area contributed by atoms with E-state index >= 15 is 0 Å². The van der Waals surface area contributed by atoms with Crippen molar-refractivity contribution >= 4 is 32.7 Å². The SMILES string of the molecule is c1ccc(-c2nc(-c3ccc(-c4cc(-c5ccc(-c6cccc7c6oc6ccccc67)cc5)c5ccccc5c4)cc3)nc(-c3ccccc3-c3ccccc3)n2)cc1. The first kappa shape index (κ1) is 34.3. The van der Waals surface area contributed by atoms with E-state index < -0.39 is 0 Å². The van der Waals surface area contributed by atoms with Crippen LogP contribution in [0.25, 0.3) is 111 Å². The number of rotatable bonds is 7. The molecule has 0 atom stereocenters. The Morgan fingerprint density at radius 2 is 0.763 bits per heavy atom. The highest BCUT2D eigenvalue weighted by Crippen LogP contribution is 2.39. The van der Waals surface area contributed by atoms with E-state index in [1.54, 1.807) is 0 Å². The average molecular weight is 754 g/mol. The first-order valence-electron chi connectivity index (χ1n) is 19.8. The molecule has 0 aliphatic rings. The maximum atomic E-state index is 6.37. The summed E-state index contributed by atoms with van der Waals surface area (Å²) in [5.74, 6) is 1.90. The van der Waals surface area contributed by atoms with Crippen molar-refractivity contribution in [2.24, 2.45) is 0 Å². The average Bonchev–Trinajstić information content (AvgIpc) is 3.71. The van der Waals surface area contributed by atoms with Crippen molar-refractivity contribution in [1.82, 2.24) is 15.0 Å². The molecule has 0 amide bonds. The van der Waals surface area contributed by atoms with Gasteiger partial charge in [0.05, 0.1) is 0 Å². The Morgan fingerprint density at radius 1 is 0.271 bits per heavy atom. The van der Waals surface area contributed by atoms with Gasteiger partial charge in [-0.3, -0.25) is 0 Å². The van der Waals surface area contributed by atoms with Gasteiger partial charge in [0, 0.05) is 33.0 Å². The molecule has 0 N–H and O–H groups in total. The van der Waals surface area contributed by atoms with E-state index in [0.717, 1.165) is 77.6 Å². The van der Waals surface area contributed by atoms with Gasteiger partial charge in [-0.1, -0.05) is 194 Å². The van der Waals surface area contributed by atoms with Crippen LogP contribution in [0.4, 0.5) is 0 Å². The Bertz CT molecular complexity index is 3300. The van der Waals surface area contributed by atoms with Crippen molar-refractivity contribution in [2.75, 3.05) is 0 Å². The fourth-order valence-electron chi connectivity index (χ4n) is 8.22. The molecule has 0 saturated carbocycles. The van der Waals surface area contributed by atoms with Gasteiger partial charge in [0.25, 0.3) is 0 Å². The fraction of sp³-hybridized carbons (Fsp3) is 0. The van der Waals surface area contributed by atoms with Gasteiger partial charge in [-0.05, 0) is 67.9 Å². The van der Waals surface area contributed by atoms with Crippen LogP contribution in [-0.2, 0) is 0 Å². The second-order valence-electron chi connectivity index (χ2n) is 14.8. The van der Waals surface area contributed by atoms with Gasteiger partial charge < -0.3 is 4.42 Å². The summed E-state index contributed by atoms with van der Waals surface area (Å²) in [6, 6.07) is 74.1. The van der Waals surface area contributed by atoms with Crippen LogP contribution in [0.15, 0.2) is 217 Å². The van der Waals surface area contributed by atoms with E-state index in [2.05, 4.69) is 158 Å². The highest BCUT2D eigenvalue weighted by Gasteiger charge is 2.17. The third kappa shape index (κ3) is 6.34. The molecular formula is C55H35N3O. The minimum absolute atomic E-state index is 0.626. The molecule has 4 nitrogen and oxygen atoms in total. The molecule has 11 aromatic rings. The predicted molar refractivity (Wildman–Crippen MR) is 243 cm³/mol. The highest BCUT2D eigenvalue weighted by atomic mass is 16.3. The molecule has 4 heteroatoms. The van der Waals surface area contributed by atoms with Crippen LogP contribution in [0.2, 0.25) is 0 Å². The van der Waals surface area contributed by atoms with Crippen LogP contribution in [-0.4, -0.2) is 15.0 Å². The topological polar surface area (TPSA) is 51.8 Å². The van der Waals surface area contributed by atoms with Crippen molar-refractivity contribution < 1.29 is 4.42 Å². The van der Waals surface area contributed by atoms with E-state index in [1.807, 2.05) is 54.6 Å². The molecule has 0 spiro atoms. The van der Waals surface area contributed by atoms with Crippen LogP contribution >= 0.6 is 0 Å². The smallest absolute Gasteiger partial charge is 0.164 e. The molecule has 2 heterocycles. The number of aromatic nitrogens is 3. The van der Waals surface area contributed by atoms with Gasteiger partial charge in [-0.2, -0.15) is 0 Å². The molecule has 0 radical (unpaired) electrons. The molecule has 0 bridgehead atoms. The zero-order valence-corrected chi connectivity index (χ0v) is 32.0. The maximum Gasteiger partial charge on any atom is 0.164 e. The standard InChI is InChI=1S/C55H35N3O/c1-3-14-37(15-4-1)44-19-9-10-22-49(44)55-57-53(40-16-5-2-6-17-40)56-54(58-55)41-32-26-36(27-33-41)43-34-42-18-7-8-20-45(42)50(35-43)39-30-28-38(29-31-39)46-23-13-24-48-47-21-11-12-25-51(47)59-52(46)48/h1-35H. The summed E-state index contributed by atoms with van der Waals surface area (Å²) in [6.45, 7) is 0. The Labute approximate surface area is 341 Å². The molecule has 0 saturated heterocycles. The quantitative estimate of drug-likeness (QED) is 0.163. The lowest BCUT2D eigenvalue weighted by molar-refractivity contribution is 0.670. The number of benzene rings is 9. The monoisotopic (exact) mass is 753 g/mol. The van der Waals surface area contributed by atoms with Crippen molar-refractivity contribution in [1.29, 1.82) is 0 Å². The summed E-state index contributed by atoms with van der Waals surface area (Å²) in [7, 11) is 0. The second-order valence-corrected chi connectivity index (χ2v) is 14.8. The van der Waals surface area contributed by atoms with E-state index in [1.165, 1.54) is 16.3 Å². The Hall–Kier alpha value is -7.95. The number of hydrogen-bond donors (Lipinski definition) is 0.